The summed E-state index contributed by atoms with van der Waals surface area (Å²) >= 11 is 0. The zero-order chi connectivity index (χ0) is 27.1. The van der Waals surface area contributed by atoms with Crippen LogP contribution in [0.2, 0.25) is 0 Å². The third kappa shape index (κ3) is 5.65. The maximum atomic E-state index is 13.5. The lowest BCUT2D eigenvalue weighted by Crippen LogP contribution is -2.58. The fourth-order valence-corrected chi connectivity index (χ4v) is 5.50. The van der Waals surface area contributed by atoms with Gasteiger partial charge in [0.1, 0.15) is 12.1 Å². The lowest BCUT2D eigenvalue weighted by atomic mass is 9.95. The van der Waals surface area contributed by atoms with Crippen LogP contribution in [0.1, 0.15) is 66.2 Å². The number of nitrogens with zero attached hydrogens (tertiary/aromatic N) is 1. The van der Waals surface area contributed by atoms with Gasteiger partial charge in [0.25, 0.3) is 5.91 Å². The molecule has 4 N–H and O–H groups in total. The van der Waals surface area contributed by atoms with Gasteiger partial charge in [-0.05, 0) is 64.2 Å². The lowest BCUT2D eigenvalue weighted by molar-refractivity contribution is -0.144. The predicted octanol–water partition coefficient (Wildman–Crippen LogP) is -0.367. The molecule has 2 aliphatic heterocycles. The van der Waals surface area contributed by atoms with E-state index >= 15 is 0 Å². The highest BCUT2D eigenvalue weighted by molar-refractivity contribution is 6.38. The van der Waals surface area contributed by atoms with Gasteiger partial charge in [-0.15, -0.1) is 0 Å². The molecule has 2 aliphatic carbocycles. The van der Waals surface area contributed by atoms with E-state index in [0.29, 0.717) is 38.3 Å². The summed E-state index contributed by atoms with van der Waals surface area (Å²) in [5.41, 5.74) is -0.272. The van der Waals surface area contributed by atoms with E-state index in [9.17, 15) is 28.8 Å². The fourth-order valence-electron chi connectivity index (χ4n) is 5.50. The maximum Gasteiger partial charge on any atom is 0.289 e. The summed E-state index contributed by atoms with van der Waals surface area (Å²) < 4.78 is 0. The molecule has 0 aromatic carbocycles. The number of amides is 5. The number of nitrogens with one attached hydrogen (secondary N) is 4. The van der Waals surface area contributed by atoms with Crippen LogP contribution in [-0.4, -0.2) is 77.5 Å². The standard InChI is InChI=1S/C26H39N5O6/c1-13(2)19(30-25(37)26-11-16(26)12-26)24(36)31-9-5-6-18(31)22(34)29-17(10-15-7-8-27-21(15)33)20(32)23(35)28-14(3)4/h13-19H,5-12H2,1-4H3,(H,27,33)(H,28,35)(H,29,34)(H,30,37)/t15-,16?,17-,18-,19?,26?/m0/s1. The first-order valence-corrected chi connectivity index (χ1v) is 13.5. The number of carbonyl (C=O) groups excluding carboxylic acids is 6. The second kappa shape index (κ2) is 10.4. The van der Waals surface area contributed by atoms with Crippen LogP contribution in [0.4, 0.5) is 0 Å². The maximum absolute atomic E-state index is 13.5. The topological polar surface area (TPSA) is 154 Å². The van der Waals surface area contributed by atoms with E-state index in [-0.39, 0.29) is 41.5 Å². The van der Waals surface area contributed by atoms with Crippen molar-refractivity contribution in [2.24, 2.45) is 23.2 Å². The molecule has 37 heavy (non-hydrogen) atoms. The van der Waals surface area contributed by atoms with Crippen molar-refractivity contribution >= 4 is 35.3 Å². The molecule has 0 radical (unpaired) electrons. The van der Waals surface area contributed by atoms with Gasteiger partial charge in [-0.3, -0.25) is 28.8 Å². The first-order valence-electron chi connectivity index (χ1n) is 13.5. The highest BCUT2D eigenvalue weighted by Gasteiger charge is 2.74. The Morgan fingerprint density at radius 3 is 2.24 bits per heavy atom. The largest absolute Gasteiger partial charge is 0.356 e. The van der Waals surface area contributed by atoms with Crippen molar-refractivity contribution in [3.63, 3.8) is 0 Å². The molecular formula is C26H39N5O6. The molecule has 4 rings (SSSR count). The Bertz CT molecular complexity index is 988. The van der Waals surface area contributed by atoms with Crippen molar-refractivity contribution in [2.45, 2.75) is 90.4 Å². The van der Waals surface area contributed by atoms with Crippen LogP contribution in [0.25, 0.3) is 0 Å². The highest BCUT2D eigenvalue weighted by Crippen LogP contribution is 2.75. The lowest BCUT2D eigenvalue weighted by Gasteiger charge is -2.31. The number of likely N-dealkylation sites (tertiary alicyclic amines) is 1. The van der Waals surface area contributed by atoms with Crippen LogP contribution >= 0.6 is 0 Å². The summed E-state index contributed by atoms with van der Waals surface area (Å²) in [6, 6.07) is -3.01. The highest BCUT2D eigenvalue weighted by atomic mass is 16.2. The van der Waals surface area contributed by atoms with Crippen LogP contribution < -0.4 is 21.3 Å². The van der Waals surface area contributed by atoms with Crippen LogP contribution in [-0.2, 0) is 28.8 Å². The fraction of sp³-hybridized carbons (Fsp3) is 0.769. The minimum absolute atomic E-state index is 0.0104. The molecule has 4 fully saturated rings. The Morgan fingerprint density at radius 2 is 1.70 bits per heavy atom. The van der Waals surface area contributed by atoms with E-state index in [1.165, 1.54) is 4.90 Å². The monoisotopic (exact) mass is 517 g/mol. The number of ketones is 1. The number of fused-ring (bicyclic) bond motifs is 1. The summed E-state index contributed by atoms with van der Waals surface area (Å²) in [6.45, 7) is 8.00. The molecule has 4 atom stereocenters. The Hall–Kier alpha value is -2.98. The molecule has 11 nitrogen and oxygen atoms in total. The van der Waals surface area contributed by atoms with Crippen molar-refractivity contribution in [3.05, 3.63) is 0 Å². The molecule has 5 amide bonds. The molecule has 2 saturated heterocycles. The van der Waals surface area contributed by atoms with Crippen LogP contribution in [0.15, 0.2) is 0 Å². The van der Waals surface area contributed by atoms with Gasteiger partial charge in [-0.25, -0.2) is 0 Å². The second-order valence-corrected chi connectivity index (χ2v) is 11.7. The van der Waals surface area contributed by atoms with E-state index in [2.05, 4.69) is 21.3 Å². The Morgan fingerprint density at radius 1 is 1.03 bits per heavy atom. The van der Waals surface area contributed by atoms with Crippen molar-refractivity contribution in [1.29, 1.82) is 0 Å². The normalized spacial score (nSPS) is 29.3. The van der Waals surface area contributed by atoms with E-state index in [4.69, 9.17) is 0 Å². The molecule has 0 bridgehead atoms. The molecule has 1 unspecified atom stereocenters. The zero-order valence-electron chi connectivity index (χ0n) is 22.1. The number of carbonyl (C=O) groups is 6. The quantitative estimate of drug-likeness (QED) is 0.274. The van der Waals surface area contributed by atoms with Gasteiger partial charge < -0.3 is 26.2 Å². The van der Waals surface area contributed by atoms with Crippen molar-refractivity contribution < 1.29 is 28.8 Å². The first-order chi connectivity index (χ1) is 17.4. The molecule has 0 aromatic rings. The molecule has 204 valence electrons. The SMILES string of the molecule is CC(C)NC(=O)C(=O)[C@H](C[C@@H]1CCNC1=O)NC(=O)[C@@H]1CCCN1C(=O)C(NC(=O)C12CC1C2)C(C)C. The smallest absolute Gasteiger partial charge is 0.289 e. The molecule has 0 spiro atoms. The van der Waals surface area contributed by atoms with Gasteiger partial charge in [0.2, 0.25) is 29.4 Å². The summed E-state index contributed by atoms with van der Waals surface area (Å²) in [5.74, 6) is -2.98. The van der Waals surface area contributed by atoms with Gasteiger partial charge >= 0.3 is 0 Å². The van der Waals surface area contributed by atoms with E-state index in [1.807, 2.05) is 13.8 Å². The number of hydrogen-bond donors (Lipinski definition) is 4. The minimum atomic E-state index is -1.18. The third-order valence-electron chi connectivity index (χ3n) is 8.15. The summed E-state index contributed by atoms with van der Waals surface area (Å²) in [7, 11) is 0. The van der Waals surface area contributed by atoms with E-state index < -0.39 is 41.6 Å². The van der Waals surface area contributed by atoms with Crippen LogP contribution in [0.5, 0.6) is 0 Å². The zero-order valence-corrected chi connectivity index (χ0v) is 22.1. The molecule has 0 aromatic heterocycles. The van der Waals surface area contributed by atoms with Crippen molar-refractivity contribution in [2.75, 3.05) is 13.1 Å². The first kappa shape index (κ1) is 27.1. The molecule has 11 heteroatoms. The van der Waals surface area contributed by atoms with Crippen molar-refractivity contribution in [1.82, 2.24) is 26.2 Å². The predicted molar refractivity (Wildman–Crippen MR) is 133 cm³/mol. The average Bonchev–Trinajstić information content (AvgIpc) is 3.56. The second-order valence-electron chi connectivity index (χ2n) is 11.7. The Labute approximate surface area is 217 Å². The van der Waals surface area contributed by atoms with Gasteiger partial charge in [0.05, 0.1) is 11.5 Å². The third-order valence-corrected chi connectivity index (χ3v) is 8.15. The van der Waals surface area contributed by atoms with E-state index in [1.54, 1.807) is 13.8 Å². The number of hydrogen-bond acceptors (Lipinski definition) is 6. The van der Waals surface area contributed by atoms with Crippen LogP contribution in [0, 0.1) is 23.2 Å². The van der Waals surface area contributed by atoms with Gasteiger partial charge in [0, 0.05) is 25.0 Å². The van der Waals surface area contributed by atoms with Crippen LogP contribution in [0.3, 0.4) is 0 Å². The minimum Gasteiger partial charge on any atom is -0.356 e. The summed E-state index contributed by atoms with van der Waals surface area (Å²) in [6.07, 6.45) is 3.29. The number of Topliss-reactive ketones (excluding diaryl/α,β-unsaturated/α-hetero) is 1. The summed E-state index contributed by atoms with van der Waals surface area (Å²) in [4.78, 5) is 78.7. The Balaban J connectivity index is 1.45. The van der Waals surface area contributed by atoms with Crippen molar-refractivity contribution in [3.8, 4) is 0 Å². The van der Waals surface area contributed by atoms with E-state index in [0.717, 1.165) is 12.8 Å². The number of rotatable bonds is 11. The van der Waals surface area contributed by atoms with Gasteiger partial charge in [0.15, 0.2) is 0 Å². The molecule has 2 saturated carbocycles. The average molecular weight is 518 g/mol. The summed E-state index contributed by atoms with van der Waals surface area (Å²) in [5, 5.41) is 10.9. The Kier molecular flexibility index (Phi) is 7.62. The van der Waals surface area contributed by atoms with Gasteiger partial charge in [-0.1, -0.05) is 13.8 Å². The molecular weight excluding hydrogens is 478 g/mol. The molecule has 4 aliphatic rings. The van der Waals surface area contributed by atoms with Gasteiger partial charge in [-0.2, -0.15) is 0 Å². The molecule has 2 heterocycles.